The van der Waals surface area contributed by atoms with E-state index in [1.807, 2.05) is 6.07 Å². The average Bonchev–Trinajstić information content (AvgIpc) is 2.28. The quantitative estimate of drug-likeness (QED) is 0.599. The molecular weight excluding hydrogens is 172 g/mol. The monoisotopic (exact) mass is 182 g/mol. The first kappa shape index (κ1) is 11.0. The molecule has 0 aromatic carbocycles. The molecule has 2 heteroatoms. The molecule has 0 spiro atoms. The third-order valence-corrected chi connectivity index (χ3v) is 1.66. The Balaban J connectivity index is 0.000000605. The first-order chi connectivity index (χ1) is 4.97. The topological polar surface area (TPSA) is 31.5 Å². The third-order valence-electron chi connectivity index (χ3n) is 1.66. The van der Waals surface area contributed by atoms with Crippen LogP contribution >= 0.6 is 12.4 Å². The minimum Gasteiger partial charge on any atom is -0.412 e. The highest BCUT2D eigenvalue weighted by molar-refractivity contribution is 5.85. The largest absolute Gasteiger partial charge is 0.412 e. The molecule has 0 amide bonds. The second-order valence-electron chi connectivity index (χ2n) is 2.35. The molecule has 12 heavy (non-hydrogen) atoms. The first-order valence-corrected chi connectivity index (χ1v) is 3.40. The zero-order chi connectivity index (χ0) is 6.81. The van der Waals surface area contributed by atoms with Crippen LogP contribution in [0.5, 0.6) is 0 Å². The number of rotatable bonds is 0. The van der Waals surface area contributed by atoms with Gasteiger partial charge < -0.3 is 5.48 Å². The molecule has 2 aliphatic carbocycles. The van der Waals surface area contributed by atoms with E-state index >= 15 is 0 Å². The molecule has 0 unspecified atom stereocenters. The Hall–Kier alpha value is -1.05. The summed E-state index contributed by atoms with van der Waals surface area (Å²) < 4.78 is 0. The minimum atomic E-state index is 0. The van der Waals surface area contributed by atoms with Crippen molar-refractivity contribution in [2.24, 2.45) is 0 Å². The van der Waals surface area contributed by atoms with Gasteiger partial charge in [0.1, 0.15) is 0 Å². The van der Waals surface area contributed by atoms with Crippen molar-refractivity contribution in [1.82, 2.24) is 0 Å². The van der Waals surface area contributed by atoms with E-state index in [1.165, 1.54) is 11.1 Å². The highest BCUT2D eigenvalue weighted by Gasteiger charge is 1.94. The molecule has 0 radical (unpaired) electrons. The Morgan fingerprint density at radius 3 is 1.50 bits per heavy atom. The van der Waals surface area contributed by atoms with Gasteiger partial charge in [-0.05, 0) is 11.1 Å². The summed E-state index contributed by atoms with van der Waals surface area (Å²) in [6, 6.07) is 16.7. The second kappa shape index (κ2) is 4.75. The van der Waals surface area contributed by atoms with Crippen molar-refractivity contribution in [3.8, 4) is 11.1 Å². The van der Waals surface area contributed by atoms with Gasteiger partial charge in [0, 0.05) is 0 Å². The van der Waals surface area contributed by atoms with Crippen LogP contribution in [0.3, 0.4) is 0 Å². The highest BCUT2D eigenvalue weighted by atomic mass is 35.5. The molecule has 2 N–H and O–H groups in total. The van der Waals surface area contributed by atoms with Crippen molar-refractivity contribution >= 4 is 12.4 Å². The van der Waals surface area contributed by atoms with Crippen molar-refractivity contribution in [3.05, 3.63) is 48.5 Å². The molecule has 0 bridgehead atoms. The van der Waals surface area contributed by atoms with Crippen LogP contribution in [0.2, 0.25) is 0 Å². The maximum absolute atomic E-state index is 2.12. The summed E-state index contributed by atoms with van der Waals surface area (Å²) in [5.41, 5.74) is 2.62. The van der Waals surface area contributed by atoms with Crippen LogP contribution in [0.15, 0.2) is 48.5 Å². The van der Waals surface area contributed by atoms with Crippen LogP contribution in [0.4, 0.5) is 0 Å². The standard InChI is InChI=1S/C10H8.ClH.H2O/c1-2-5-9-7-4-8-10(9)6-3-1;;/h1-8H;1H;1H2. The lowest BCUT2D eigenvalue weighted by molar-refractivity contribution is 0.824. The summed E-state index contributed by atoms with van der Waals surface area (Å²) in [6.45, 7) is 0. The van der Waals surface area contributed by atoms with Gasteiger partial charge in [-0.3, -0.25) is 0 Å². The summed E-state index contributed by atoms with van der Waals surface area (Å²) >= 11 is 0. The summed E-state index contributed by atoms with van der Waals surface area (Å²) in [5, 5.41) is 0. The molecule has 2 aliphatic rings. The van der Waals surface area contributed by atoms with Gasteiger partial charge in [0.2, 0.25) is 0 Å². The molecule has 0 heterocycles. The average molecular weight is 183 g/mol. The Bertz CT molecular complexity index is 281. The molecule has 64 valence electrons. The molecule has 0 atom stereocenters. The van der Waals surface area contributed by atoms with Gasteiger partial charge in [-0.15, -0.1) is 12.4 Å². The Morgan fingerprint density at radius 2 is 1.00 bits per heavy atom. The summed E-state index contributed by atoms with van der Waals surface area (Å²) in [4.78, 5) is 0. The fraction of sp³-hybridized carbons (Fsp3) is 0. The Labute approximate surface area is 78.1 Å². The molecule has 0 fully saturated rings. The van der Waals surface area contributed by atoms with Crippen molar-refractivity contribution in [2.45, 2.75) is 0 Å². The van der Waals surface area contributed by atoms with E-state index in [0.29, 0.717) is 0 Å². The summed E-state index contributed by atoms with van der Waals surface area (Å²) in [7, 11) is 0. The van der Waals surface area contributed by atoms with Gasteiger partial charge in [-0.2, -0.15) is 0 Å². The maximum atomic E-state index is 2.12. The zero-order valence-corrected chi connectivity index (χ0v) is 7.34. The van der Waals surface area contributed by atoms with E-state index in [0.717, 1.165) is 0 Å². The molecule has 0 saturated heterocycles. The van der Waals surface area contributed by atoms with Crippen molar-refractivity contribution in [1.29, 1.82) is 0 Å². The molecule has 0 aliphatic heterocycles. The SMILES string of the molecule is Cl.O.c1ccc2cccc-2cc1. The lowest BCUT2D eigenvalue weighted by Crippen LogP contribution is -1.59. The van der Waals surface area contributed by atoms with E-state index in [9.17, 15) is 0 Å². The molecule has 0 saturated carbocycles. The van der Waals surface area contributed by atoms with Gasteiger partial charge in [0.05, 0.1) is 0 Å². The maximum Gasteiger partial charge on any atom is -0.0184 e. The smallest absolute Gasteiger partial charge is 0.0184 e. The number of hydrogen-bond donors (Lipinski definition) is 0. The van der Waals surface area contributed by atoms with Gasteiger partial charge in [-0.1, -0.05) is 48.5 Å². The lowest BCUT2D eigenvalue weighted by atomic mass is 10.2. The van der Waals surface area contributed by atoms with Crippen molar-refractivity contribution in [3.63, 3.8) is 0 Å². The molecule has 1 nitrogen and oxygen atoms in total. The Morgan fingerprint density at radius 1 is 0.583 bits per heavy atom. The fourth-order valence-electron chi connectivity index (χ4n) is 1.13. The van der Waals surface area contributed by atoms with E-state index < -0.39 is 0 Å². The van der Waals surface area contributed by atoms with Crippen LogP contribution in [0.25, 0.3) is 11.1 Å². The van der Waals surface area contributed by atoms with Crippen LogP contribution in [-0.2, 0) is 0 Å². The third kappa shape index (κ3) is 1.97. The van der Waals surface area contributed by atoms with Gasteiger partial charge in [0.25, 0.3) is 0 Å². The van der Waals surface area contributed by atoms with Crippen LogP contribution in [-0.4, -0.2) is 5.48 Å². The number of halogens is 1. The molecule has 0 aromatic heterocycles. The van der Waals surface area contributed by atoms with Crippen molar-refractivity contribution < 1.29 is 5.48 Å². The number of fused-ring (bicyclic) bond motifs is 1. The predicted octanol–water partition coefficient (Wildman–Crippen LogP) is 2.39. The van der Waals surface area contributed by atoms with Crippen molar-refractivity contribution in [2.75, 3.05) is 0 Å². The summed E-state index contributed by atoms with van der Waals surface area (Å²) in [5.74, 6) is 0. The molecular formula is C10H11ClO. The van der Waals surface area contributed by atoms with Crippen LogP contribution in [0, 0.1) is 0 Å². The van der Waals surface area contributed by atoms with E-state index in [1.54, 1.807) is 0 Å². The lowest BCUT2D eigenvalue weighted by Gasteiger charge is -1.85. The fourth-order valence-corrected chi connectivity index (χ4v) is 1.13. The van der Waals surface area contributed by atoms with Gasteiger partial charge >= 0.3 is 0 Å². The molecule has 2 rings (SSSR count). The van der Waals surface area contributed by atoms with Crippen LogP contribution in [0.1, 0.15) is 0 Å². The minimum absolute atomic E-state index is 0. The molecule has 0 aromatic rings. The second-order valence-corrected chi connectivity index (χ2v) is 2.35. The van der Waals surface area contributed by atoms with Gasteiger partial charge in [-0.25, -0.2) is 0 Å². The van der Waals surface area contributed by atoms with Gasteiger partial charge in [0.15, 0.2) is 0 Å². The van der Waals surface area contributed by atoms with E-state index in [-0.39, 0.29) is 17.9 Å². The predicted molar refractivity (Wildman–Crippen MR) is 53.9 cm³/mol. The normalized spacial score (nSPS) is 8.33. The Kier molecular flexibility index (Phi) is 4.34. The summed E-state index contributed by atoms with van der Waals surface area (Å²) in [6.07, 6.45) is 0. The number of hydrogen-bond acceptors (Lipinski definition) is 0. The van der Waals surface area contributed by atoms with E-state index in [4.69, 9.17) is 0 Å². The van der Waals surface area contributed by atoms with Crippen LogP contribution < -0.4 is 0 Å². The first-order valence-electron chi connectivity index (χ1n) is 3.40. The highest BCUT2D eigenvalue weighted by Crippen LogP contribution is 2.19. The zero-order valence-electron chi connectivity index (χ0n) is 6.53. The van der Waals surface area contributed by atoms with E-state index in [2.05, 4.69) is 42.5 Å².